The third-order valence-electron chi connectivity index (χ3n) is 7.75. The number of hydrogen-bond acceptors (Lipinski definition) is 8. The van der Waals surface area contributed by atoms with Gasteiger partial charge in [-0.1, -0.05) is 0 Å². The number of nitrogens with zero attached hydrogens (tertiary/aromatic N) is 3. The van der Waals surface area contributed by atoms with E-state index in [9.17, 15) is 32.3 Å². The van der Waals surface area contributed by atoms with Crippen LogP contribution in [0.3, 0.4) is 0 Å². The van der Waals surface area contributed by atoms with Gasteiger partial charge in [0, 0.05) is 26.2 Å². The average molecular weight is 564 g/mol. The summed E-state index contributed by atoms with van der Waals surface area (Å²) in [6.45, 7) is 4.34. The summed E-state index contributed by atoms with van der Waals surface area (Å²) in [5.74, 6) is -2.40. The molecule has 1 aromatic heterocycles. The zero-order valence-electron chi connectivity index (χ0n) is 21.6. The minimum Gasteiger partial charge on any atom is -0.501 e. The molecule has 0 aliphatic carbocycles. The number of aromatic nitrogens is 2. The van der Waals surface area contributed by atoms with Crippen LogP contribution in [0.2, 0.25) is 0 Å². The van der Waals surface area contributed by atoms with Gasteiger partial charge < -0.3 is 20.5 Å². The zero-order valence-corrected chi connectivity index (χ0v) is 22.4. The van der Waals surface area contributed by atoms with Crippen molar-refractivity contribution in [3.63, 3.8) is 0 Å². The highest BCUT2D eigenvalue weighted by atomic mass is 32.2. The first-order valence-corrected chi connectivity index (χ1v) is 14.1. The number of carbonyl (C=O) groups excluding carboxylic acids is 2. The molecule has 0 unspecified atom stereocenters. The third kappa shape index (κ3) is 4.80. The van der Waals surface area contributed by atoms with Crippen molar-refractivity contribution in [3.8, 4) is 5.75 Å². The molecule has 4 heterocycles. The standard InChI is InChI=1S/C25H30FN5O7S/c1-24(2)22-29-18(19(32)21(34)31(22)9-10-38-24)20(33)28-14-15-11-16(26)13-17(12-15)39(36,37)30-7-4-25(5-8-30)3-6-27-23(25)35/h11-13,32H,3-10,14H2,1-2H3,(H,27,35)(H,28,33). The Morgan fingerprint density at radius 3 is 2.56 bits per heavy atom. The Hall–Kier alpha value is -3.36. The molecule has 0 atom stereocenters. The summed E-state index contributed by atoms with van der Waals surface area (Å²) >= 11 is 0. The van der Waals surface area contributed by atoms with Crippen LogP contribution in [0.4, 0.5) is 4.39 Å². The number of carbonyl (C=O) groups is 2. The van der Waals surface area contributed by atoms with Gasteiger partial charge in [0.1, 0.15) is 17.2 Å². The molecule has 2 aromatic rings. The van der Waals surface area contributed by atoms with Crippen LogP contribution in [0.25, 0.3) is 0 Å². The number of rotatable bonds is 5. The summed E-state index contributed by atoms with van der Waals surface area (Å²) < 4.78 is 49.2. The van der Waals surface area contributed by atoms with Crippen molar-refractivity contribution in [2.75, 3.05) is 26.2 Å². The largest absolute Gasteiger partial charge is 0.501 e. The van der Waals surface area contributed by atoms with Crippen LogP contribution < -0.4 is 16.2 Å². The maximum absolute atomic E-state index is 14.5. The average Bonchev–Trinajstić information content (AvgIpc) is 3.23. The molecule has 12 nitrogen and oxygen atoms in total. The SMILES string of the molecule is CC1(C)OCCn2c1nc(C(=O)NCc1cc(F)cc(S(=O)(=O)N3CCC4(CCNC4=O)CC3)c1)c(O)c2=O. The van der Waals surface area contributed by atoms with Gasteiger partial charge in [0.15, 0.2) is 5.69 Å². The lowest BCUT2D eigenvalue weighted by Gasteiger charge is -2.36. The topological polar surface area (TPSA) is 160 Å². The number of sulfonamides is 1. The van der Waals surface area contributed by atoms with Crippen LogP contribution in [-0.2, 0) is 38.2 Å². The summed E-state index contributed by atoms with van der Waals surface area (Å²) in [6, 6.07) is 3.25. The molecular formula is C25H30FN5O7S. The van der Waals surface area contributed by atoms with Crippen LogP contribution in [0, 0.1) is 11.2 Å². The van der Waals surface area contributed by atoms with Crippen molar-refractivity contribution in [1.82, 2.24) is 24.5 Å². The summed E-state index contributed by atoms with van der Waals surface area (Å²) in [7, 11) is -4.06. The Morgan fingerprint density at radius 1 is 1.18 bits per heavy atom. The lowest BCUT2D eigenvalue weighted by Crippen LogP contribution is -2.46. The number of benzene rings is 1. The maximum atomic E-state index is 14.5. The van der Waals surface area contributed by atoms with Crippen molar-refractivity contribution in [3.05, 3.63) is 51.5 Å². The van der Waals surface area contributed by atoms with E-state index in [0.717, 1.165) is 12.1 Å². The van der Waals surface area contributed by atoms with Gasteiger partial charge in [-0.3, -0.25) is 19.0 Å². The fraction of sp³-hybridized carbons (Fsp3) is 0.520. The van der Waals surface area contributed by atoms with E-state index in [1.807, 2.05) is 0 Å². The predicted octanol–water partition coefficient (Wildman–Crippen LogP) is 0.574. The van der Waals surface area contributed by atoms with E-state index in [2.05, 4.69) is 15.6 Å². The fourth-order valence-corrected chi connectivity index (χ4v) is 6.98. The van der Waals surface area contributed by atoms with Crippen LogP contribution in [-0.4, -0.2) is 65.4 Å². The number of nitrogens with one attached hydrogen (secondary N) is 2. The quantitative estimate of drug-likeness (QED) is 0.476. The summed E-state index contributed by atoms with van der Waals surface area (Å²) in [4.78, 5) is 41.7. The monoisotopic (exact) mass is 563 g/mol. The first-order valence-electron chi connectivity index (χ1n) is 12.7. The molecule has 2 amide bonds. The van der Waals surface area contributed by atoms with Crippen LogP contribution in [0.15, 0.2) is 27.9 Å². The smallest absolute Gasteiger partial charge is 0.296 e. The van der Waals surface area contributed by atoms with E-state index >= 15 is 0 Å². The molecule has 1 aromatic carbocycles. The second-order valence-electron chi connectivity index (χ2n) is 10.6. The van der Waals surface area contributed by atoms with Crippen molar-refractivity contribution in [2.45, 2.75) is 56.7 Å². The number of piperidine rings is 1. The Balaban J connectivity index is 1.33. The second-order valence-corrected chi connectivity index (χ2v) is 12.6. The molecule has 39 heavy (non-hydrogen) atoms. The van der Waals surface area contributed by atoms with Gasteiger partial charge in [0.05, 0.1) is 23.5 Å². The molecule has 210 valence electrons. The molecule has 5 rings (SSSR count). The molecule has 3 aliphatic rings. The van der Waals surface area contributed by atoms with E-state index in [-0.39, 0.29) is 55.0 Å². The number of amides is 2. The summed E-state index contributed by atoms with van der Waals surface area (Å²) in [5, 5.41) is 15.6. The van der Waals surface area contributed by atoms with Gasteiger partial charge in [-0.2, -0.15) is 4.31 Å². The lowest BCUT2D eigenvalue weighted by molar-refractivity contribution is -0.129. The number of halogens is 1. The van der Waals surface area contributed by atoms with Crippen molar-refractivity contribution in [2.24, 2.45) is 5.41 Å². The molecule has 0 bridgehead atoms. The number of ether oxygens (including phenoxy) is 1. The first-order chi connectivity index (χ1) is 18.3. The van der Waals surface area contributed by atoms with Gasteiger partial charge in [0.2, 0.25) is 21.7 Å². The highest BCUT2D eigenvalue weighted by Gasteiger charge is 2.46. The minimum atomic E-state index is -4.06. The second kappa shape index (κ2) is 9.68. The number of aromatic hydroxyl groups is 1. The molecule has 2 fully saturated rings. The Morgan fingerprint density at radius 2 is 1.90 bits per heavy atom. The van der Waals surface area contributed by atoms with Crippen LogP contribution >= 0.6 is 0 Å². The third-order valence-corrected chi connectivity index (χ3v) is 9.63. The van der Waals surface area contributed by atoms with E-state index in [1.54, 1.807) is 13.8 Å². The minimum absolute atomic E-state index is 0.0541. The van der Waals surface area contributed by atoms with Gasteiger partial charge in [-0.15, -0.1) is 0 Å². The molecule has 14 heteroatoms. The number of hydrogen-bond donors (Lipinski definition) is 3. The maximum Gasteiger partial charge on any atom is 0.296 e. The number of fused-ring (bicyclic) bond motifs is 1. The van der Waals surface area contributed by atoms with E-state index < -0.39 is 49.8 Å². The van der Waals surface area contributed by atoms with E-state index in [4.69, 9.17) is 4.74 Å². The summed E-state index contributed by atoms with van der Waals surface area (Å²) in [6.07, 6.45) is 1.43. The highest BCUT2D eigenvalue weighted by Crippen LogP contribution is 2.39. The van der Waals surface area contributed by atoms with Gasteiger partial charge in [-0.25, -0.2) is 17.8 Å². The molecule has 0 radical (unpaired) electrons. The van der Waals surface area contributed by atoms with Gasteiger partial charge >= 0.3 is 0 Å². The van der Waals surface area contributed by atoms with Crippen molar-refractivity contribution in [1.29, 1.82) is 0 Å². The van der Waals surface area contributed by atoms with E-state index in [1.165, 1.54) is 14.9 Å². The van der Waals surface area contributed by atoms with Crippen LogP contribution in [0.1, 0.15) is 55.0 Å². The predicted molar refractivity (Wildman–Crippen MR) is 135 cm³/mol. The van der Waals surface area contributed by atoms with E-state index in [0.29, 0.717) is 25.8 Å². The van der Waals surface area contributed by atoms with Gasteiger partial charge in [0.25, 0.3) is 11.5 Å². The van der Waals surface area contributed by atoms with Gasteiger partial charge in [-0.05, 0) is 56.9 Å². The zero-order chi connectivity index (χ0) is 28.2. The molecular weight excluding hydrogens is 533 g/mol. The Bertz CT molecular complexity index is 1510. The Labute approximate surface area is 224 Å². The molecule has 2 saturated heterocycles. The molecule has 3 N–H and O–H groups in total. The van der Waals surface area contributed by atoms with Crippen molar-refractivity contribution >= 4 is 21.8 Å². The van der Waals surface area contributed by atoms with Crippen molar-refractivity contribution < 1.29 is 32.2 Å². The summed E-state index contributed by atoms with van der Waals surface area (Å²) in [5.41, 5.74) is -2.65. The fourth-order valence-electron chi connectivity index (χ4n) is 5.46. The normalized spacial score (nSPS) is 20.4. The molecule has 1 spiro atoms. The first kappa shape index (κ1) is 27.2. The molecule has 0 saturated carbocycles. The lowest BCUT2D eigenvalue weighted by atomic mass is 9.78. The van der Waals surface area contributed by atoms with Crippen LogP contribution in [0.5, 0.6) is 5.75 Å². The highest BCUT2D eigenvalue weighted by molar-refractivity contribution is 7.89. The Kier molecular flexibility index (Phi) is 6.75. The molecule has 3 aliphatic heterocycles.